The van der Waals surface area contributed by atoms with Gasteiger partial charge in [0.1, 0.15) is 0 Å². The maximum atomic E-state index is 11.9. The highest BCUT2D eigenvalue weighted by atomic mass is 16.5. The average molecular weight is 261 g/mol. The molecule has 0 aliphatic carbocycles. The summed E-state index contributed by atoms with van der Waals surface area (Å²) in [5.41, 5.74) is 0. The molecule has 0 heterocycles. The van der Waals surface area contributed by atoms with E-state index in [-0.39, 0.29) is 37.4 Å². The molecular formula is C12H23NO5. The third-order valence-corrected chi connectivity index (χ3v) is 2.36. The SMILES string of the molecule is COC(=O)CCN(CCOCCO)C(=O)C(C)C. The van der Waals surface area contributed by atoms with Gasteiger partial charge < -0.3 is 19.5 Å². The predicted molar refractivity (Wildman–Crippen MR) is 66.0 cm³/mol. The van der Waals surface area contributed by atoms with Gasteiger partial charge in [0.2, 0.25) is 5.91 Å². The Morgan fingerprint density at radius 2 is 1.89 bits per heavy atom. The molecule has 0 aromatic rings. The Bertz CT molecular complexity index is 255. The summed E-state index contributed by atoms with van der Waals surface area (Å²) in [4.78, 5) is 24.5. The van der Waals surface area contributed by atoms with Crippen LogP contribution in [-0.4, -0.2) is 61.9 Å². The summed E-state index contributed by atoms with van der Waals surface area (Å²) in [5.74, 6) is -0.486. The Kier molecular flexibility index (Phi) is 9.22. The number of aliphatic hydroxyl groups excluding tert-OH is 1. The molecule has 6 heteroatoms. The van der Waals surface area contributed by atoms with E-state index < -0.39 is 0 Å². The third kappa shape index (κ3) is 7.24. The summed E-state index contributed by atoms with van der Waals surface area (Å²) in [5, 5.41) is 8.57. The van der Waals surface area contributed by atoms with Gasteiger partial charge in [-0.25, -0.2) is 0 Å². The zero-order valence-corrected chi connectivity index (χ0v) is 11.3. The van der Waals surface area contributed by atoms with E-state index in [1.165, 1.54) is 7.11 Å². The number of aliphatic hydroxyl groups is 1. The topological polar surface area (TPSA) is 76.1 Å². The number of carbonyl (C=O) groups is 2. The van der Waals surface area contributed by atoms with E-state index in [1.54, 1.807) is 4.90 Å². The molecule has 0 bridgehead atoms. The molecule has 0 saturated heterocycles. The lowest BCUT2D eigenvalue weighted by atomic mass is 10.2. The van der Waals surface area contributed by atoms with Crippen molar-refractivity contribution in [2.45, 2.75) is 20.3 Å². The largest absolute Gasteiger partial charge is 0.469 e. The van der Waals surface area contributed by atoms with Crippen molar-refractivity contribution >= 4 is 11.9 Å². The lowest BCUT2D eigenvalue weighted by molar-refractivity contribution is -0.142. The van der Waals surface area contributed by atoms with Gasteiger partial charge in [-0.15, -0.1) is 0 Å². The van der Waals surface area contributed by atoms with Gasteiger partial charge in [-0.3, -0.25) is 9.59 Å². The number of ether oxygens (including phenoxy) is 2. The lowest BCUT2D eigenvalue weighted by Gasteiger charge is -2.24. The highest BCUT2D eigenvalue weighted by molar-refractivity contribution is 5.79. The molecule has 1 amide bonds. The number of hydrogen-bond donors (Lipinski definition) is 1. The molecule has 0 atom stereocenters. The van der Waals surface area contributed by atoms with Gasteiger partial charge in [-0.2, -0.15) is 0 Å². The fourth-order valence-electron chi connectivity index (χ4n) is 1.37. The first kappa shape index (κ1) is 16.9. The smallest absolute Gasteiger partial charge is 0.307 e. The van der Waals surface area contributed by atoms with Crippen LogP contribution in [0.4, 0.5) is 0 Å². The minimum atomic E-state index is -0.340. The highest BCUT2D eigenvalue weighted by Gasteiger charge is 2.17. The van der Waals surface area contributed by atoms with Gasteiger partial charge in [0.25, 0.3) is 0 Å². The number of rotatable bonds is 9. The minimum absolute atomic E-state index is 0.0218. The summed E-state index contributed by atoms with van der Waals surface area (Å²) in [6.07, 6.45) is 0.176. The number of nitrogens with zero attached hydrogens (tertiary/aromatic N) is 1. The van der Waals surface area contributed by atoms with Gasteiger partial charge in [0, 0.05) is 19.0 Å². The Balaban J connectivity index is 4.16. The van der Waals surface area contributed by atoms with E-state index >= 15 is 0 Å². The fraction of sp³-hybridized carbons (Fsp3) is 0.833. The van der Waals surface area contributed by atoms with E-state index in [0.717, 1.165) is 0 Å². The maximum absolute atomic E-state index is 11.9. The van der Waals surface area contributed by atoms with Crippen LogP contribution < -0.4 is 0 Å². The summed E-state index contributed by atoms with van der Waals surface area (Å²) in [7, 11) is 1.32. The number of hydrogen-bond acceptors (Lipinski definition) is 5. The summed E-state index contributed by atoms with van der Waals surface area (Å²) in [6, 6.07) is 0. The van der Waals surface area contributed by atoms with Crippen LogP contribution >= 0.6 is 0 Å². The molecule has 0 fully saturated rings. The number of esters is 1. The molecule has 0 aliphatic heterocycles. The van der Waals surface area contributed by atoms with Crippen LogP contribution in [0.2, 0.25) is 0 Å². The second-order valence-electron chi connectivity index (χ2n) is 4.14. The Labute approximate surface area is 108 Å². The molecule has 0 rings (SSSR count). The number of carbonyl (C=O) groups excluding carboxylic acids is 2. The molecule has 18 heavy (non-hydrogen) atoms. The van der Waals surface area contributed by atoms with Gasteiger partial charge in [-0.05, 0) is 0 Å². The molecule has 0 unspecified atom stereocenters. The quantitative estimate of drug-likeness (QED) is 0.468. The second-order valence-corrected chi connectivity index (χ2v) is 4.14. The van der Waals surface area contributed by atoms with E-state index in [0.29, 0.717) is 19.7 Å². The molecule has 0 aromatic carbocycles. The van der Waals surface area contributed by atoms with Crippen molar-refractivity contribution in [3.8, 4) is 0 Å². The first-order chi connectivity index (χ1) is 8.52. The van der Waals surface area contributed by atoms with Crippen molar-refractivity contribution in [3.05, 3.63) is 0 Å². The number of amides is 1. The van der Waals surface area contributed by atoms with Crippen LogP contribution in [-0.2, 0) is 19.1 Å². The molecule has 0 saturated carbocycles. The van der Waals surface area contributed by atoms with Gasteiger partial charge in [-0.1, -0.05) is 13.8 Å². The first-order valence-electron chi connectivity index (χ1n) is 6.07. The van der Waals surface area contributed by atoms with Crippen molar-refractivity contribution in [2.24, 2.45) is 5.92 Å². The average Bonchev–Trinajstić information content (AvgIpc) is 2.36. The van der Waals surface area contributed by atoms with E-state index in [1.807, 2.05) is 13.8 Å². The summed E-state index contributed by atoms with van der Waals surface area (Å²) >= 11 is 0. The molecule has 6 nitrogen and oxygen atoms in total. The second kappa shape index (κ2) is 9.85. The van der Waals surface area contributed by atoms with Crippen molar-refractivity contribution in [1.82, 2.24) is 4.90 Å². The van der Waals surface area contributed by atoms with Crippen LogP contribution in [0.1, 0.15) is 20.3 Å². The highest BCUT2D eigenvalue weighted by Crippen LogP contribution is 2.03. The molecule has 0 aromatic heterocycles. The predicted octanol–water partition coefficient (Wildman–Crippen LogP) is 0.0430. The maximum Gasteiger partial charge on any atom is 0.307 e. The number of methoxy groups -OCH3 is 1. The van der Waals surface area contributed by atoms with Gasteiger partial charge >= 0.3 is 5.97 Å². The summed E-state index contributed by atoms with van der Waals surface area (Å²) in [6.45, 7) is 4.91. The zero-order chi connectivity index (χ0) is 14.0. The van der Waals surface area contributed by atoms with Gasteiger partial charge in [0.15, 0.2) is 0 Å². The first-order valence-corrected chi connectivity index (χ1v) is 6.07. The minimum Gasteiger partial charge on any atom is -0.469 e. The fourth-order valence-corrected chi connectivity index (χ4v) is 1.37. The normalized spacial score (nSPS) is 10.5. The van der Waals surface area contributed by atoms with E-state index in [9.17, 15) is 9.59 Å². The van der Waals surface area contributed by atoms with Crippen molar-refractivity contribution in [3.63, 3.8) is 0 Å². The molecule has 0 radical (unpaired) electrons. The molecule has 0 aliphatic rings. The van der Waals surface area contributed by atoms with Crippen molar-refractivity contribution in [1.29, 1.82) is 0 Å². The standard InChI is InChI=1S/C12H23NO5/c1-10(2)12(16)13(5-4-11(15)17-3)6-8-18-9-7-14/h10,14H,4-9H2,1-3H3. The van der Waals surface area contributed by atoms with Gasteiger partial charge in [0.05, 0.1) is 33.4 Å². The van der Waals surface area contributed by atoms with E-state index in [2.05, 4.69) is 4.74 Å². The molecule has 0 spiro atoms. The van der Waals surface area contributed by atoms with E-state index in [4.69, 9.17) is 9.84 Å². The van der Waals surface area contributed by atoms with Crippen LogP contribution in [0.25, 0.3) is 0 Å². The van der Waals surface area contributed by atoms with Crippen LogP contribution in [0.3, 0.4) is 0 Å². The molecule has 1 N–H and O–H groups in total. The monoisotopic (exact) mass is 261 g/mol. The van der Waals surface area contributed by atoms with Crippen LogP contribution in [0.5, 0.6) is 0 Å². The zero-order valence-electron chi connectivity index (χ0n) is 11.3. The Hall–Kier alpha value is -1.14. The Morgan fingerprint density at radius 1 is 1.22 bits per heavy atom. The lowest BCUT2D eigenvalue weighted by Crippen LogP contribution is -2.38. The van der Waals surface area contributed by atoms with Crippen molar-refractivity contribution < 1.29 is 24.2 Å². The Morgan fingerprint density at radius 3 is 2.39 bits per heavy atom. The van der Waals surface area contributed by atoms with Crippen molar-refractivity contribution in [2.75, 3.05) is 40.0 Å². The van der Waals surface area contributed by atoms with Crippen LogP contribution in [0, 0.1) is 5.92 Å². The molecular weight excluding hydrogens is 238 g/mol. The summed E-state index contributed by atoms with van der Waals surface area (Å²) < 4.78 is 9.66. The third-order valence-electron chi connectivity index (χ3n) is 2.36. The van der Waals surface area contributed by atoms with Crippen LogP contribution in [0.15, 0.2) is 0 Å². The molecule has 106 valence electrons.